The SMILES string of the molecule is CC1(CN2CCC[C@@H]2CO)CCOCC1. The number of nitrogens with zero attached hydrogens (tertiary/aromatic N) is 1. The minimum absolute atomic E-state index is 0.326. The summed E-state index contributed by atoms with van der Waals surface area (Å²) in [6, 6.07) is 0.421. The van der Waals surface area contributed by atoms with Gasteiger partial charge in [-0.3, -0.25) is 4.90 Å². The molecule has 2 fully saturated rings. The van der Waals surface area contributed by atoms with Crippen LogP contribution in [0.15, 0.2) is 0 Å². The van der Waals surface area contributed by atoms with Gasteiger partial charge in [0.25, 0.3) is 0 Å². The first kappa shape index (κ1) is 11.4. The molecule has 2 saturated heterocycles. The monoisotopic (exact) mass is 213 g/mol. The summed E-state index contributed by atoms with van der Waals surface area (Å²) in [6.45, 7) is 6.82. The van der Waals surface area contributed by atoms with E-state index in [1.807, 2.05) is 0 Å². The third kappa shape index (κ3) is 2.71. The lowest BCUT2D eigenvalue weighted by Gasteiger charge is -2.38. The van der Waals surface area contributed by atoms with Gasteiger partial charge in [0.2, 0.25) is 0 Å². The fraction of sp³-hybridized carbons (Fsp3) is 1.00. The topological polar surface area (TPSA) is 32.7 Å². The summed E-state index contributed by atoms with van der Waals surface area (Å²) < 4.78 is 5.41. The molecule has 2 rings (SSSR count). The Morgan fingerprint density at radius 1 is 1.40 bits per heavy atom. The molecular formula is C12H23NO2. The molecule has 15 heavy (non-hydrogen) atoms. The summed E-state index contributed by atoms with van der Waals surface area (Å²) in [7, 11) is 0. The van der Waals surface area contributed by atoms with Gasteiger partial charge in [-0.15, -0.1) is 0 Å². The first-order valence-electron chi connectivity index (χ1n) is 6.16. The van der Waals surface area contributed by atoms with Gasteiger partial charge in [-0.25, -0.2) is 0 Å². The molecule has 0 saturated carbocycles. The average Bonchev–Trinajstić information content (AvgIpc) is 2.65. The molecule has 3 nitrogen and oxygen atoms in total. The van der Waals surface area contributed by atoms with E-state index in [0.29, 0.717) is 18.1 Å². The molecule has 0 radical (unpaired) electrons. The summed E-state index contributed by atoms with van der Waals surface area (Å²) in [6.07, 6.45) is 4.75. The van der Waals surface area contributed by atoms with Crippen LogP contribution in [0.3, 0.4) is 0 Å². The Balaban J connectivity index is 1.88. The van der Waals surface area contributed by atoms with Crippen LogP contribution in [0.1, 0.15) is 32.6 Å². The Morgan fingerprint density at radius 3 is 2.80 bits per heavy atom. The van der Waals surface area contributed by atoms with Crippen molar-refractivity contribution < 1.29 is 9.84 Å². The Hall–Kier alpha value is -0.120. The molecule has 0 spiro atoms. The first-order valence-corrected chi connectivity index (χ1v) is 6.16. The van der Waals surface area contributed by atoms with E-state index >= 15 is 0 Å². The largest absolute Gasteiger partial charge is 0.395 e. The highest BCUT2D eigenvalue weighted by molar-refractivity contribution is 4.86. The van der Waals surface area contributed by atoms with Crippen LogP contribution < -0.4 is 0 Å². The summed E-state index contributed by atoms with van der Waals surface area (Å²) in [5.74, 6) is 0. The maximum Gasteiger partial charge on any atom is 0.0586 e. The first-order chi connectivity index (χ1) is 7.23. The maximum absolute atomic E-state index is 9.28. The molecule has 2 aliphatic heterocycles. The van der Waals surface area contributed by atoms with Crippen LogP contribution >= 0.6 is 0 Å². The van der Waals surface area contributed by atoms with Crippen molar-refractivity contribution in [3.8, 4) is 0 Å². The molecule has 2 heterocycles. The van der Waals surface area contributed by atoms with Gasteiger partial charge in [0.15, 0.2) is 0 Å². The lowest BCUT2D eigenvalue weighted by Crippen LogP contribution is -2.42. The van der Waals surface area contributed by atoms with E-state index in [2.05, 4.69) is 11.8 Å². The van der Waals surface area contributed by atoms with E-state index in [4.69, 9.17) is 4.74 Å². The van der Waals surface area contributed by atoms with E-state index in [9.17, 15) is 5.11 Å². The predicted molar refractivity (Wildman–Crippen MR) is 59.8 cm³/mol. The smallest absolute Gasteiger partial charge is 0.0586 e. The zero-order valence-electron chi connectivity index (χ0n) is 9.74. The Bertz CT molecular complexity index is 202. The van der Waals surface area contributed by atoms with Crippen LogP contribution in [0.2, 0.25) is 0 Å². The predicted octanol–water partition coefficient (Wildman–Crippen LogP) is 1.26. The highest BCUT2D eigenvalue weighted by Gasteiger charge is 2.33. The molecule has 3 heteroatoms. The zero-order valence-corrected chi connectivity index (χ0v) is 9.74. The molecule has 0 bridgehead atoms. The summed E-state index contributed by atoms with van der Waals surface area (Å²) in [4.78, 5) is 2.48. The van der Waals surface area contributed by atoms with Crippen molar-refractivity contribution in [1.82, 2.24) is 4.90 Å². The molecule has 0 amide bonds. The molecule has 1 N–H and O–H groups in total. The van der Waals surface area contributed by atoms with Crippen LogP contribution in [-0.2, 0) is 4.74 Å². The quantitative estimate of drug-likeness (QED) is 0.766. The third-order valence-corrected chi connectivity index (χ3v) is 3.99. The second-order valence-corrected chi connectivity index (χ2v) is 5.37. The van der Waals surface area contributed by atoms with Crippen LogP contribution in [-0.4, -0.2) is 49.0 Å². The molecule has 0 aliphatic carbocycles. The van der Waals surface area contributed by atoms with Gasteiger partial charge in [-0.1, -0.05) is 6.92 Å². The van der Waals surface area contributed by atoms with Gasteiger partial charge < -0.3 is 9.84 Å². The minimum atomic E-state index is 0.326. The van der Waals surface area contributed by atoms with Gasteiger partial charge in [0.1, 0.15) is 0 Å². The average molecular weight is 213 g/mol. The molecule has 0 aromatic rings. The lowest BCUT2D eigenvalue weighted by atomic mass is 9.82. The van der Waals surface area contributed by atoms with Crippen molar-refractivity contribution in [2.45, 2.75) is 38.6 Å². The molecule has 1 atom stereocenters. The number of rotatable bonds is 3. The van der Waals surface area contributed by atoms with E-state index in [0.717, 1.165) is 19.8 Å². The summed E-state index contributed by atoms with van der Waals surface area (Å²) >= 11 is 0. The maximum atomic E-state index is 9.28. The van der Waals surface area contributed by atoms with Crippen LogP contribution in [0.5, 0.6) is 0 Å². The van der Waals surface area contributed by atoms with Gasteiger partial charge >= 0.3 is 0 Å². The number of ether oxygens (including phenoxy) is 1. The van der Waals surface area contributed by atoms with Crippen molar-refractivity contribution in [3.63, 3.8) is 0 Å². The number of aliphatic hydroxyl groups is 1. The molecule has 0 aromatic carbocycles. The van der Waals surface area contributed by atoms with Crippen LogP contribution in [0.25, 0.3) is 0 Å². The van der Waals surface area contributed by atoms with Crippen molar-refractivity contribution in [2.75, 3.05) is 32.9 Å². The molecule has 88 valence electrons. The number of hydrogen-bond acceptors (Lipinski definition) is 3. The van der Waals surface area contributed by atoms with Crippen molar-refractivity contribution in [2.24, 2.45) is 5.41 Å². The highest BCUT2D eigenvalue weighted by Crippen LogP contribution is 2.33. The second kappa shape index (κ2) is 4.81. The standard InChI is InChI=1S/C12H23NO2/c1-12(4-7-15-8-5-12)10-13-6-2-3-11(13)9-14/h11,14H,2-10H2,1H3/t11-/m1/s1. The van der Waals surface area contributed by atoms with Crippen molar-refractivity contribution >= 4 is 0 Å². The highest BCUT2D eigenvalue weighted by atomic mass is 16.5. The van der Waals surface area contributed by atoms with Crippen molar-refractivity contribution in [1.29, 1.82) is 0 Å². The fourth-order valence-electron chi connectivity index (χ4n) is 2.82. The van der Waals surface area contributed by atoms with Gasteiger partial charge in [-0.2, -0.15) is 0 Å². The zero-order chi connectivity index (χ0) is 10.7. The normalized spacial score (nSPS) is 32.0. The molecule has 2 aliphatic rings. The Labute approximate surface area is 92.4 Å². The second-order valence-electron chi connectivity index (χ2n) is 5.37. The Morgan fingerprint density at radius 2 is 2.13 bits per heavy atom. The van der Waals surface area contributed by atoms with E-state index in [1.54, 1.807) is 0 Å². The van der Waals surface area contributed by atoms with Gasteiger partial charge in [-0.05, 0) is 37.6 Å². The molecular weight excluding hydrogens is 190 g/mol. The molecule has 0 unspecified atom stereocenters. The summed E-state index contributed by atoms with van der Waals surface area (Å²) in [5, 5.41) is 9.28. The Kier molecular flexibility index (Phi) is 3.65. The van der Waals surface area contributed by atoms with E-state index < -0.39 is 0 Å². The third-order valence-electron chi connectivity index (χ3n) is 3.99. The number of hydrogen-bond donors (Lipinski definition) is 1. The van der Waals surface area contributed by atoms with Gasteiger partial charge in [0, 0.05) is 25.8 Å². The molecule has 0 aromatic heterocycles. The lowest BCUT2D eigenvalue weighted by molar-refractivity contribution is -0.000831. The summed E-state index contributed by atoms with van der Waals surface area (Å²) in [5.41, 5.74) is 0.413. The minimum Gasteiger partial charge on any atom is -0.395 e. The van der Waals surface area contributed by atoms with E-state index in [1.165, 1.54) is 32.2 Å². The van der Waals surface area contributed by atoms with Gasteiger partial charge in [0.05, 0.1) is 6.61 Å². The van der Waals surface area contributed by atoms with Crippen LogP contribution in [0.4, 0.5) is 0 Å². The fourth-order valence-corrected chi connectivity index (χ4v) is 2.82. The van der Waals surface area contributed by atoms with Crippen LogP contribution in [0, 0.1) is 5.41 Å². The van der Waals surface area contributed by atoms with E-state index in [-0.39, 0.29) is 0 Å². The van der Waals surface area contributed by atoms with Crippen molar-refractivity contribution in [3.05, 3.63) is 0 Å². The number of aliphatic hydroxyl groups excluding tert-OH is 1. The number of likely N-dealkylation sites (tertiary alicyclic amines) is 1.